The lowest BCUT2D eigenvalue weighted by atomic mass is 10.3. The van der Waals surface area contributed by atoms with Gasteiger partial charge in [-0.05, 0) is 24.3 Å². The Morgan fingerprint density at radius 3 is 1.30 bits per heavy atom. The van der Waals surface area contributed by atoms with Gasteiger partial charge in [-0.2, -0.15) is 0 Å². The van der Waals surface area contributed by atoms with Crippen LogP contribution in [0, 0.1) is 0 Å². The van der Waals surface area contributed by atoms with Crippen LogP contribution in [0.2, 0.25) is 0 Å². The second-order valence-corrected chi connectivity index (χ2v) is 1.78. The summed E-state index contributed by atoms with van der Waals surface area (Å²) in [6.45, 7) is 0. The van der Waals surface area contributed by atoms with Gasteiger partial charge < -0.3 is 0 Å². The number of carbonyl (C=O) groups excluding carboxylic acids is 2. The molecule has 0 aromatic heterocycles. The molecule has 0 spiro atoms. The SMILES string of the molecule is O=C=c1ccc(=C=O)cc1. The van der Waals surface area contributed by atoms with E-state index in [0.717, 1.165) is 0 Å². The summed E-state index contributed by atoms with van der Waals surface area (Å²) in [5.41, 5.74) is 0. The van der Waals surface area contributed by atoms with E-state index in [1.807, 2.05) is 0 Å². The maximum Gasteiger partial charge on any atom is 0.132 e. The lowest BCUT2D eigenvalue weighted by molar-refractivity contribution is 0.566. The van der Waals surface area contributed by atoms with Crippen molar-refractivity contribution in [2.24, 2.45) is 0 Å². The van der Waals surface area contributed by atoms with Crippen molar-refractivity contribution in [3.05, 3.63) is 34.7 Å². The second-order valence-electron chi connectivity index (χ2n) is 1.78. The molecule has 0 N–H and O–H groups in total. The van der Waals surface area contributed by atoms with Crippen LogP contribution in [0.1, 0.15) is 0 Å². The van der Waals surface area contributed by atoms with Crippen LogP contribution in [0.25, 0.3) is 0 Å². The molecule has 0 aliphatic rings. The van der Waals surface area contributed by atoms with E-state index >= 15 is 0 Å². The Labute approximate surface area is 57.1 Å². The van der Waals surface area contributed by atoms with Gasteiger partial charge in [-0.15, -0.1) is 0 Å². The summed E-state index contributed by atoms with van der Waals surface area (Å²) >= 11 is 0. The van der Waals surface area contributed by atoms with E-state index in [1.54, 1.807) is 11.9 Å². The molecule has 10 heavy (non-hydrogen) atoms. The normalized spacial score (nSPS) is 8.00. The van der Waals surface area contributed by atoms with Crippen molar-refractivity contribution >= 4 is 11.9 Å². The first-order valence-electron chi connectivity index (χ1n) is 2.73. The standard InChI is InChI=1S/C8H4O2/c9-5-7-1-2-8(6-10)4-3-7/h1-4H. The summed E-state index contributed by atoms with van der Waals surface area (Å²) < 4.78 is 0. The molecule has 2 heteroatoms. The van der Waals surface area contributed by atoms with Gasteiger partial charge in [0.25, 0.3) is 0 Å². The van der Waals surface area contributed by atoms with Gasteiger partial charge >= 0.3 is 0 Å². The van der Waals surface area contributed by atoms with E-state index < -0.39 is 0 Å². The topological polar surface area (TPSA) is 34.1 Å². The van der Waals surface area contributed by atoms with Gasteiger partial charge in [-0.25, -0.2) is 9.59 Å². The largest absolute Gasteiger partial charge is 0.233 e. The maximum atomic E-state index is 9.98. The minimum absolute atomic E-state index is 0.444. The monoisotopic (exact) mass is 132 g/mol. The average molecular weight is 132 g/mol. The van der Waals surface area contributed by atoms with E-state index in [1.165, 1.54) is 24.3 Å². The highest BCUT2D eigenvalue weighted by Gasteiger charge is 1.77. The third-order valence-corrected chi connectivity index (χ3v) is 1.12. The fourth-order valence-corrected chi connectivity index (χ4v) is 0.606. The van der Waals surface area contributed by atoms with Gasteiger partial charge in [0.2, 0.25) is 0 Å². The summed E-state index contributed by atoms with van der Waals surface area (Å²) in [6, 6.07) is 6.08. The molecule has 0 saturated carbocycles. The van der Waals surface area contributed by atoms with Gasteiger partial charge in [0.15, 0.2) is 0 Å². The lowest BCUT2D eigenvalue weighted by Crippen LogP contribution is -2.08. The van der Waals surface area contributed by atoms with Crippen molar-refractivity contribution < 1.29 is 9.59 Å². The average Bonchev–Trinajstić information content (AvgIpc) is 2.05. The molecule has 0 bridgehead atoms. The quantitative estimate of drug-likeness (QED) is 0.439. The fraction of sp³-hybridized carbons (Fsp3) is 0. The van der Waals surface area contributed by atoms with Gasteiger partial charge in [0, 0.05) is 0 Å². The zero-order valence-corrected chi connectivity index (χ0v) is 5.13. The van der Waals surface area contributed by atoms with Crippen molar-refractivity contribution in [3.8, 4) is 0 Å². The van der Waals surface area contributed by atoms with Crippen LogP contribution in [-0.2, 0) is 9.59 Å². The molecule has 0 radical (unpaired) electrons. The van der Waals surface area contributed by atoms with Gasteiger partial charge in [0.1, 0.15) is 11.9 Å². The molecule has 0 aliphatic carbocycles. The highest BCUT2D eigenvalue weighted by Crippen LogP contribution is 1.61. The zero-order valence-electron chi connectivity index (χ0n) is 5.13. The number of hydrogen-bond donors (Lipinski definition) is 0. The lowest BCUT2D eigenvalue weighted by Gasteiger charge is -1.75. The molecule has 0 saturated heterocycles. The predicted molar refractivity (Wildman–Crippen MR) is 35.3 cm³/mol. The zero-order chi connectivity index (χ0) is 7.40. The predicted octanol–water partition coefficient (Wildman–Crippen LogP) is -1.31. The molecule has 2 nitrogen and oxygen atoms in total. The van der Waals surface area contributed by atoms with E-state index in [9.17, 15) is 9.59 Å². The molecule has 1 rings (SSSR count). The molecule has 0 aliphatic heterocycles. The number of hydrogen-bond acceptors (Lipinski definition) is 2. The molecular weight excluding hydrogens is 128 g/mol. The molecule has 0 heterocycles. The van der Waals surface area contributed by atoms with Crippen molar-refractivity contribution in [3.63, 3.8) is 0 Å². The Morgan fingerprint density at radius 2 is 1.10 bits per heavy atom. The van der Waals surface area contributed by atoms with E-state index in [-0.39, 0.29) is 0 Å². The van der Waals surface area contributed by atoms with Crippen LogP contribution in [0.15, 0.2) is 24.3 Å². The molecular formula is C8H4O2. The van der Waals surface area contributed by atoms with Crippen molar-refractivity contribution in [1.29, 1.82) is 0 Å². The summed E-state index contributed by atoms with van der Waals surface area (Å²) in [6.07, 6.45) is 0. The molecule has 0 fully saturated rings. The summed E-state index contributed by atoms with van der Waals surface area (Å²) in [5, 5.41) is 0.887. The number of rotatable bonds is 0. The van der Waals surface area contributed by atoms with Crippen molar-refractivity contribution in [2.75, 3.05) is 0 Å². The third kappa shape index (κ3) is 1.20. The van der Waals surface area contributed by atoms with Gasteiger partial charge in [0.05, 0.1) is 10.4 Å². The second kappa shape index (κ2) is 2.79. The van der Waals surface area contributed by atoms with E-state index in [2.05, 4.69) is 0 Å². The molecule has 48 valence electrons. The Kier molecular flexibility index (Phi) is 1.81. The molecule has 0 amide bonds. The van der Waals surface area contributed by atoms with Crippen LogP contribution in [0.3, 0.4) is 0 Å². The summed E-state index contributed by atoms with van der Waals surface area (Å²) in [7, 11) is 0. The molecule has 0 unspecified atom stereocenters. The Hall–Kier alpha value is -1.62. The van der Waals surface area contributed by atoms with Crippen LogP contribution in [-0.4, -0.2) is 11.9 Å². The molecule has 0 atom stereocenters. The maximum absolute atomic E-state index is 9.98. The minimum Gasteiger partial charge on any atom is -0.233 e. The van der Waals surface area contributed by atoms with Crippen LogP contribution < -0.4 is 10.4 Å². The van der Waals surface area contributed by atoms with Crippen LogP contribution >= 0.6 is 0 Å². The smallest absolute Gasteiger partial charge is 0.132 e. The molecule has 1 aromatic rings. The highest BCUT2D eigenvalue weighted by atomic mass is 16.1. The number of benzene rings is 1. The molecule has 1 aromatic carbocycles. The highest BCUT2D eigenvalue weighted by molar-refractivity contribution is 5.49. The summed E-state index contributed by atoms with van der Waals surface area (Å²) in [4.78, 5) is 20.0. The first-order valence-corrected chi connectivity index (χ1v) is 2.73. The fourth-order valence-electron chi connectivity index (χ4n) is 0.606. The van der Waals surface area contributed by atoms with E-state index in [4.69, 9.17) is 0 Å². The van der Waals surface area contributed by atoms with E-state index in [0.29, 0.717) is 10.4 Å². The van der Waals surface area contributed by atoms with Crippen LogP contribution in [0.5, 0.6) is 0 Å². The Morgan fingerprint density at radius 1 is 0.800 bits per heavy atom. The third-order valence-electron chi connectivity index (χ3n) is 1.12. The van der Waals surface area contributed by atoms with Crippen molar-refractivity contribution in [1.82, 2.24) is 0 Å². The van der Waals surface area contributed by atoms with Crippen molar-refractivity contribution in [2.45, 2.75) is 0 Å². The minimum atomic E-state index is 0.444. The van der Waals surface area contributed by atoms with Gasteiger partial charge in [-0.3, -0.25) is 0 Å². The summed E-state index contributed by atoms with van der Waals surface area (Å²) in [5.74, 6) is 3.40. The first kappa shape index (κ1) is 6.50. The Balaban J connectivity index is 3.56. The Bertz CT molecular complexity index is 320. The first-order chi connectivity index (χ1) is 4.86. The van der Waals surface area contributed by atoms with Gasteiger partial charge in [-0.1, -0.05) is 0 Å². The van der Waals surface area contributed by atoms with Crippen LogP contribution in [0.4, 0.5) is 0 Å².